The van der Waals surface area contributed by atoms with Crippen LogP contribution in [-0.2, 0) is 10.0 Å². The van der Waals surface area contributed by atoms with Gasteiger partial charge in [-0.3, -0.25) is 4.79 Å². The fourth-order valence-corrected chi connectivity index (χ4v) is 4.18. The van der Waals surface area contributed by atoms with Crippen molar-refractivity contribution in [3.63, 3.8) is 0 Å². The van der Waals surface area contributed by atoms with Crippen LogP contribution in [0.4, 0.5) is 0 Å². The van der Waals surface area contributed by atoms with Gasteiger partial charge in [-0.05, 0) is 30.4 Å². The van der Waals surface area contributed by atoms with E-state index in [0.29, 0.717) is 17.8 Å². The van der Waals surface area contributed by atoms with Crippen LogP contribution in [0.2, 0.25) is 0 Å². The van der Waals surface area contributed by atoms with Gasteiger partial charge in [0.15, 0.2) is 0 Å². The Morgan fingerprint density at radius 2 is 2.21 bits per heavy atom. The Labute approximate surface area is 117 Å². The van der Waals surface area contributed by atoms with E-state index < -0.39 is 15.3 Å². The van der Waals surface area contributed by atoms with Gasteiger partial charge in [0.05, 0.1) is 5.25 Å². The maximum Gasteiger partial charge on any atom is 0.265 e. The lowest BCUT2D eigenvalue weighted by Gasteiger charge is -2.18. The number of hydrogen-bond donors (Lipinski definition) is 0. The Bertz CT molecular complexity index is 580. The number of rotatable bonds is 3. The SMILES string of the molecule is Cc1cnsc1C(=O)N1CCC(S(=O)(=O)N(C)C)C1. The van der Waals surface area contributed by atoms with Crippen molar-refractivity contribution in [2.45, 2.75) is 18.6 Å². The van der Waals surface area contributed by atoms with Crippen molar-refractivity contribution in [2.75, 3.05) is 27.2 Å². The summed E-state index contributed by atoms with van der Waals surface area (Å²) in [6, 6.07) is 0. The first-order valence-corrected chi connectivity index (χ1v) is 8.23. The number of likely N-dealkylation sites (tertiary alicyclic amines) is 1. The molecule has 1 unspecified atom stereocenters. The summed E-state index contributed by atoms with van der Waals surface area (Å²) in [7, 11) is -0.253. The van der Waals surface area contributed by atoms with Crippen LogP contribution in [0.25, 0.3) is 0 Å². The van der Waals surface area contributed by atoms with Gasteiger partial charge in [0.25, 0.3) is 5.91 Å². The van der Waals surface area contributed by atoms with Gasteiger partial charge in [0.1, 0.15) is 4.88 Å². The van der Waals surface area contributed by atoms with E-state index in [9.17, 15) is 13.2 Å². The van der Waals surface area contributed by atoms with Gasteiger partial charge in [0.2, 0.25) is 10.0 Å². The summed E-state index contributed by atoms with van der Waals surface area (Å²) in [6.07, 6.45) is 2.14. The molecule has 106 valence electrons. The molecule has 2 heterocycles. The molecule has 0 aromatic carbocycles. The summed E-state index contributed by atoms with van der Waals surface area (Å²) in [5, 5.41) is -0.500. The van der Waals surface area contributed by atoms with Gasteiger partial charge < -0.3 is 4.90 Å². The maximum atomic E-state index is 12.3. The molecule has 6 nitrogen and oxygen atoms in total. The normalized spacial score (nSPS) is 20.2. The van der Waals surface area contributed by atoms with Gasteiger partial charge in [-0.2, -0.15) is 0 Å². The van der Waals surface area contributed by atoms with E-state index in [1.165, 1.54) is 18.4 Å². The molecule has 0 spiro atoms. The fourth-order valence-electron chi connectivity index (χ4n) is 2.09. The lowest BCUT2D eigenvalue weighted by Crippen LogP contribution is -2.37. The highest BCUT2D eigenvalue weighted by molar-refractivity contribution is 7.89. The molecule has 1 saturated heterocycles. The summed E-state index contributed by atoms with van der Waals surface area (Å²) in [5.74, 6) is -0.114. The zero-order valence-electron chi connectivity index (χ0n) is 11.2. The van der Waals surface area contributed by atoms with Gasteiger partial charge in [-0.15, -0.1) is 0 Å². The Morgan fingerprint density at radius 1 is 1.53 bits per heavy atom. The third-order valence-corrected chi connectivity index (χ3v) is 6.44. The molecular formula is C11H17N3O3S2. The first-order chi connectivity index (χ1) is 8.84. The predicted octanol–water partition coefficient (Wildman–Crippen LogP) is 0.557. The quantitative estimate of drug-likeness (QED) is 0.818. The number of nitrogens with zero attached hydrogens (tertiary/aromatic N) is 3. The molecule has 1 aliphatic heterocycles. The average molecular weight is 303 g/mol. The number of amides is 1. The van der Waals surface area contributed by atoms with Crippen LogP contribution < -0.4 is 0 Å². The highest BCUT2D eigenvalue weighted by Gasteiger charge is 2.37. The minimum atomic E-state index is -3.29. The van der Waals surface area contributed by atoms with Crippen LogP contribution in [0, 0.1) is 6.92 Å². The number of sulfonamides is 1. The molecule has 1 aromatic heterocycles. The second kappa shape index (κ2) is 5.18. The van der Waals surface area contributed by atoms with E-state index in [2.05, 4.69) is 4.37 Å². The Kier molecular flexibility index (Phi) is 3.93. The molecule has 1 aliphatic rings. The molecule has 0 bridgehead atoms. The van der Waals surface area contributed by atoms with Gasteiger partial charge in [-0.25, -0.2) is 17.1 Å². The topological polar surface area (TPSA) is 70.6 Å². The van der Waals surface area contributed by atoms with E-state index in [-0.39, 0.29) is 12.5 Å². The van der Waals surface area contributed by atoms with Gasteiger partial charge >= 0.3 is 0 Å². The Balaban J connectivity index is 2.12. The summed E-state index contributed by atoms with van der Waals surface area (Å²) in [4.78, 5) is 14.5. The molecule has 0 radical (unpaired) electrons. The molecule has 8 heteroatoms. The maximum absolute atomic E-state index is 12.3. The molecule has 1 amide bonds. The molecule has 0 saturated carbocycles. The summed E-state index contributed by atoms with van der Waals surface area (Å²) >= 11 is 1.16. The van der Waals surface area contributed by atoms with E-state index in [4.69, 9.17) is 0 Å². The summed E-state index contributed by atoms with van der Waals surface area (Å²) in [5.41, 5.74) is 0.842. The molecule has 1 aromatic rings. The number of aromatic nitrogens is 1. The van der Waals surface area contributed by atoms with Crippen molar-refractivity contribution >= 4 is 27.5 Å². The van der Waals surface area contributed by atoms with Crippen molar-refractivity contribution in [2.24, 2.45) is 0 Å². The van der Waals surface area contributed by atoms with E-state index in [1.54, 1.807) is 11.1 Å². The Morgan fingerprint density at radius 3 is 2.74 bits per heavy atom. The van der Waals surface area contributed by atoms with Crippen LogP contribution >= 0.6 is 11.5 Å². The molecule has 2 rings (SSSR count). The number of carbonyl (C=O) groups excluding carboxylic acids is 1. The van der Waals surface area contributed by atoms with E-state index in [0.717, 1.165) is 17.1 Å². The molecule has 1 atom stereocenters. The molecule has 0 N–H and O–H groups in total. The highest BCUT2D eigenvalue weighted by Crippen LogP contribution is 2.23. The number of hydrogen-bond acceptors (Lipinski definition) is 5. The lowest BCUT2D eigenvalue weighted by molar-refractivity contribution is 0.0797. The first-order valence-electron chi connectivity index (χ1n) is 5.96. The minimum absolute atomic E-state index is 0.114. The monoisotopic (exact) mass is 303 g/mol. The minimum Gasteiger partial charge on any atom is -0.336 e. The van der Waals surface area contributed by atoms with Crippen LogP contribution in [0.5, 0.6) is 0 Å². The smallest absolute Gasteiger partial charge is 0.265 e. The molecular weight excluding hydrogens is 286 g/mol. The second-order valence-electron chi connectivity index (χ2n) is 4.83. The van der Waals surface area contributed by atoms with Crippen LogP contribution in [-0.4, -0.2) is 60.3 Å². The molecule has 1 fully saturated rings. The van der Waals surface area contributed by atoms with Crippen molar-refractivity contribution in [3.8, 4) is 0 Å². The Hall–Kier alpha value is -0.990. The third kappa shape index (κ3) is 2.65. The van der Waals surface area contributed by atoms with Crippen molar-refractivity contribution in [1.29, 1.82) is 0 Å². The first kappa shape index (κ1) is 14.4. The van der Waals surface area contributed by atoms with Crippen molar-refractivity contribution < 1.29 is 13.2 Å². The van der Waals surface area contributed by atoms with Gasteiger partial charge in [-0.1, -0.05) is 0 Å². The molecule has 19 heavy (non-hydrogen) atoms. The van der Waals surface area contributed by atoms with E-state index >= 15 is 0 Å². The third-order valence-electron chi connectivity index (χ3n) is 3.31. The highest BCUT2D eigenvalue weighted by atomic mass is 32.2. The number of carbonyl (C=O) groups is 1. The van der Waals surface area contributed by atoms with Crippen LogP contribution in [0.15, 0.2) is 6.20 Å². The van der Waals surface area contributed by atoms with Crippen LogP contribution in [0.3, 0.4) is 0 Å². The lowest BCUT2D eigenvalue weighted by atomic mass is 10.3. The van der Waals surface area contributed by atoms with E-state index in [1.807, 2.05) is 6.92 Å². The predicted molar refractivity (Wildman–Crippen MR) is 73.8 cm³/mol. The fraction of sp³-hybridized carbons (Fsp3) is 0.636. The average Bonchev–Trinajstić information content (AvgIpc) is 2.96. The summed E-state index contributed by atoms with van der Waals surface area (Å²) in [6.45, 7) is 2.57. The molecule has 0 aliphatic carbocycles. The van der Waals surface area contributed by atoms with Crippen molar-refractivity contribution in [1.82, 2.24) is 13.6 Å². The number of aryl methyl sites for hydroxylation is 1. The van der Waals surface area contributed by atoms with Crippen molar-refractivity contribution in [3.05, 3.63) is 16.6 Å². The zero-order chi connectivity index (χ0) is 14.2. The standard InChI is InChI=1S/C11H17N3O3S2/c1-8-6-12-18-10(8)11(15)14-5-4-9(7-14)19(16,17)13(2)3/h6,9H,4-5,7H2,1-3H3. The summed E-state index contributed by atoms with van der Waals surface area (Å²) < 4.78 is 29.3. The zero-order valence-corrected chi connectivity index (χ0v) is 12.8. The largest absolute Gasteiger partial charge is 0.336 e. The van der Waals surface area contributed by atoms with Crippen LogP contribution in [0.1, 0.15) is 21.7 Å². The second-order valence-corrected chi connectivity index (χ2v) is 8.06. The van der Waals surface area contributed by atoms with Gasteiger partial charge in [0, 0.05) is 33.4 Å².